The molecule has 2 N–H and O–H groups in total. The first kappa shape index (κ1) is 16.5. The number of aryl methyl sites for hydroxylation is 2. The number of carbonyl (C=O) groups excluding carboxylic acids is 1. The lowest BCUT2D eigenvalue weighted by molar-refractivity contribution is -0.147. The van der Waals surface area contributed by atoms with E-state index >= 15 is 0 Å². The summed E-state index contributed by atoms with van der Waals surface area (Å²) in [5.41, 5.74) is 3.02. The van der Waals surface area contributed by atoms with Crippen molar-refractivity contribution in [2.75, 3.05) is 6.54 Å². The molecule has 0 heterocycles. The number of carboxylic acid groups (broad SMARTS) is 1. The Bertz CT molecular complexity index is 563. The molecule has 1 aromatic rings. The average Bonchev–Trinajstić information content (AvgIpc) is 2.46. The first-order chi connectivity index (χ1) is 10.4. The third kappa shape index (κ3) is 4.33. The van der Waals surface area contributed by atoms with E-state index in [2.05, 4.69) is 17.4 Å². The van der Waals surface area contributed by atoms with Crippen molar-refractivity contribution in [1.29, 1.82) is 0 Å². The van der Waals surface area contributed by atoms with Crippen LogP contribution in [0.15, 0.2) is 18.2 Å². The highest BCUT2D eigenvalue weighted by molar-refractivity contribution is 5.79. The minimum atomic E-state index is -0.837. The Balaban J connectivity index is 1.83. The fraction of sp³-hybridized carbons (Fsp3) is 0.556. The minimum absolute atomic E-state index is 0.0445. The second kappa shape index (κ2) is 6.95. The van der Waals surface area contributed by atoms with Gasteiger partial charge in [0.2, 0.25) is 5.91 Å². The molecule has 0 radical (unpaired) electrons. The van der Waals surface area contributed by atoms with Crippen molar-refractivity contribution in [2.45, 2.75) is 52.4 Å². The van der Waals surface area contributed by atoms with Crippen LogP contribution in [0.5, 0.6) is 0 Å². The van der Waals surface area contributed by atoms with Gasteiger partial charge in [0.1, 0.15) is 0 Å². The predicted octanol–water partition coefficient (Wildman–Crippen LogP) is 2.73. The standard InChI is InChI=1S/C18H25NO3/c1-18(2,17(21)22)9-10-19-16(20)12-13-7-8-14-5-3-4-6-15(14)11-13/h7-8,11H,3-6,9-10,12H2,1-2H3,(H,19,20)(H,21,22). The van der Waals surface area contributed by atoms with E-state index in [0.717, 1.165) is 18.4 Å². The molecule has 1 aliphatic carbocycles. The molecule has 120 valence electrons. The Kier molecular flexibility index (Phi) is 5.22. The Hall–Kier alpha value is -1.84. The summed E-state index contributed by atoms with van der Waals surface area (Å²) < 4.78 is 0. The molecule has 0 saturated heterocycles. The van der Waals surface area contributed by atoms with Crippen molar-refractivity contribution in [3.05, 3.63) is 34.9 Å². The molecule has 0 aromatic heterocycles. The van der Waals surface area contributed by atoms with Crippen molar-refractivity contribution < 1.29 is 14.7 Å². The number of carboxylic acids is 1. The lowest BCUT2D eigenvalue weighted by Gasteiger charge is -2.19. The van der Waals surface area contributed by atoms with Crippen LogP contribution in [0.2, 0.25) is 0 Å². The van der Waals surface area contributed by atoms with Crippen molar-refractivity contribution in [3.8, 4) is 0 Å². The van der Waals surface area contributed by atoms with E-state index in [-0.39, 0.29) is 5.91 Å². The van der Waals surface area contributed by atoms with Crippen LogP contribution in [0.4, 0.5) is 0 Å². The van der Waals surface area contributed by atoms with Crippen LogP contribution < -0.4 is 5.32 Å². The highest BCUT2D eigenvalue weighted by Crippen LogP contribution is 2.22. The van der Waals surface area contributed by atoms with Crippen LogP contribution in [-0.2, 0) is 28.9 Å². The topological polar surface area (TPSA) is 66.4 Å². The highest BCUT2D eigenvalue weighted by atomic mass is 16.4. The smallest absolute Gasteiger partial charge is 0.309 e. The molecule has 0 fully saturated rings. The molecule has 0 bridgehead atoms. The largest absolute Gasteiger partial charge is 0.481 e. The summed E-state index contributed by atoms with van der Waals surface area (Å²) >= 11 is 0. The normalized spacial score (nSPS) is 14.3. The Morgan fingerprint density at radius 3 is 2.55 bits per heavy atom. The number of carbonyl (C=O) groups is 2. The number of nitrogens with one attached hydrogen (secondary N) is 1. The zero-order valence-corrected chi connectivity index (χ0v) is 13.4. The summed E-state index contributed by atoms with van der Waals surface area (Å²) in [6.45, 7) is 3.74. The molecule has 22 heavy (non-hydrogen) atoms. The number of rotatable bonds is 6. The maximum absolute atomic E-state index is 12.0. The third-order valence-corrected chi connectivity index (χ3v) is 4.43. The van der Waals surface area contributed by atoms with Gasteiger partial charge in [0.05, 0.1) is 11.8 Å². The van der Waals surface area contributed by atoms with Gasteiger partial charge in [-0.1, -0.05) is 18.2 Å². The van der Waals surface area contributed by atoms with Crippen molar-refractivity contribution in [3.63, 3.8) is 0 Å². The molecule has 4 heteroatoms. The Labute approximate surface area is 131 Å². The molecule has 4 nitrogen and oxygen atoms in total. The summed E-state index contributed by atoms with van der Waals surface area (Å²) in [6, 6.07) is 6.32. The van der Waals surface area contributed by atoms with Crippen molar-refractivity contribution in [2.24, 2.45) is 5.41 Å². The monoisotopic (exact) mass is 303 g/mol. The van der Waals surface area contributed by atoms with E-state index in [1.807, 2.05) is 6.07 Å². The van der Waals surface area contributed by atoms with Crippen LogP contribution in [-0.4, -0.2) is 23.5 Å². The fourth-order valence-corrected chi connectivity index (χ4v) is 2.77. The molecule has 0 aliphatic heterocycles. The SMILES string of the molecule is CC(C)(CCNC(=O)Cc1ccc2c(c1)CCCC2)C(=O)O. The van der Waals surface area contributed by atoms with E-state index in [0.29, 0.717) is 19.4 Å². The molecule has 0 atom stereocenters. The number of fused-ring (bicyclic) bond motifs is 1. The second-order valence-electron chi connectivity index (χ2n) is 6.78. The number of benzene rings is 1. The zero-order valence-electron chi connectivity index (χ0n) is 13.4. The van der Waals surface area contributed by atoms with Gasteiger partial charge in [0.25, 0.3) is 0 Å². The van der Waals surface area contributed by atoms with E-state index in [9.17, 15) is 9.59 Å². The van der Waals surface area contributed by atoms with Gasteiger partial charge in [-0.2, -0.15) is 0 Å². The van der Waals surface area contributed by atoms with Crippen LogP contribution in [0.3, 0.4) is 0 Å². The molecule has 0 spiro atoms. The summed E-state index contributed by atoms with van der Waals surface area (Å²) in [6.07, 6.45) is 5.53. The fourth-order valence-electron chi connectivity index (χ4n) is 2.77. The first-order valence-corrected chi connectivity index (χ1v) is 7.99. The van der Waals surface area contributed by atoms with Crippen LogP contribution in [0, 0.1) is 5.41 Å². The summed E-state index contributed by atoms with van der Waals surface area (Å²) in [5.74, 6) is -0.881. The van der Waals surface area contributed by atoms with Crippen LogP contribution in [0.25, 0.3) is 0 Å². The van der Waals surface area contributed by atoms with E-state index in [1.54, 1.807) is 13.8 Å². The van der Waals surface area contributed by atoms with Crippen LogP contribution in [0.1, 0.15) is 49.8 Å². The predicted molar refractivity (Wildman–Crippen MR) is 85.8 cm³/mol. The zero-order chi connectivity index (χ0) is 16.2. The van der Waals surface area contributed by atoms with E-state index in [4.69, 9.17) is 5.11 Å². The van der Waals surface area contributed by atoms with E-state index < -0.39 is 11.4 Å². The maximum atomic E-state index is 12.0. The second-order valence-corrected chi connectivity index (χ2v) is 6.78. The third-order valence-electron chi connectivity index (χ3n) is 4.43. The van der Waals surface area contributed by atoms with E-state index in [1.165, 1.54) is 24.0 Å². The maximum Gasteiger partial charge on any atom is 0.309 e. The molecule has 1 amide bonds. The number of aliphatic carboxylic acids is 1. The minimum Gasteiger partial charge on any atom is -0.481 e. The van der Waals surface area contributed by atoms with Crippen molar-refractivity contribution in [1.82, 2.24) is 5.32 Å². The van der Waals surface area contributed by atoms with Gasteiger partial charge in [0.15, 0.2) is 0 Å². The van der Waals surface area contributed by atoms with Gasteiger partial charge in [-0.25, -0.2) is 0 Å². The lowest BCUT2D eigenvalue weighted by atomic mass is 9.89. The van der Waals surface area contributed by atoms with Gasteiger partial charge in [-0.3, -0.25) is 9.59 Å². The van der Waals surface area contributed by atoms with Gasteiger partial charge in [-0.05, 0) is 62.6 Å². The summed E-state index contributed by atoms with van der Waals surface area (Å²) in [4.78, 5) is 23.0. The van der Waals surface area contributed by atoms with Gasteiger partial charge in [-0.15, -0.1) is 0 Å². The number of hydrogen-bond donors (Lipinski definition) is 2. The average molecular weight is 303 g/mol. The molecular formula is C18H25NO3. The molecule has 0 saturated carbocycles. The first-order valence-electron chi connectivity index (χ1n) is 7.99. The molecule has 0 unspecified atom stereocenters. The van der Waals surface area contributed by atoms with Crippen molar-refractivity contribution >= 4 is 11.9 Å². The summed E-state index contributed by atoms with van der Waals surface area (Å²) in [7, 11) is 0. The molecule has 1 aliphatic rings. The summed E-state index contributed by atoms with van der Waals surface area (Å²) in [5, 5.41) is 11.9. The van der Waals surface area contributed by atoms with Gasteiger partial charge < -0.3 is 10.4 Å². The number of amides is 1. The quantitative estimate of drug-likeness (QED) is 0.849. The lowest BCUT2D eigenvalue weighted by Crippen LogP contribution is -2.32. The molecule has 2 rings (SSSR count). The van der Waals surface area contributed by atoms with Crippen LogP contribution >= 0.6 is 0 Å². The number of hydrogen-bond acceptors (Lipinski definition) is 2. The van der Waals surface area contributed by atoms with Gasteiger partial charge >= 0.3 is 5.97 Å². The van der Waals surface area contributed by atoms with Gasteiger partial charge in [0, 0.05) is 6.54 Å². The Morgan fingerprint density at radius 2 is 1.86 bits per heavy atom. The Morgan fingerprint density at radius 1 is 1.18 bits per heavy atom. The molecule has 1 aromatic carbocycles. The molecular weight excluding hydrogens is 278 g/mol. The highest BCUT2D eigenvalue weighted by Gasteiger charge is 2.26.